The molecule has 2 bridgehead atoms. The Morgan fingerprint density at radius 2 is 2.02 bits per heavy atom. The molecule has 0 saturated carbocycles. The predicted octanol–water partition coefficient (Wildman–Crippen LogP) is 3.36. The topological polar surface area (TPSA) is 125 Å². The Hall–Kier alpha value is -3.02. The fourth-order valence-corrected chi connectivity index (χ4v) is 7.75. The van der Waals surface area contributed by atoms with Crippen molar-refractivity contribution in [3.63, 3.8) is 0 Å². The van der Waals surface area contributed by atoms with E-state index in [2.05, 4.69) is 34.4 Å². The van der Waals surface area contributed by atoms with Crippen LogP contribution in [-0.4, -0.2) is 88.6 Å². The number of rotatable bonds is 15. The SMILES string of the molecule is C=CCCC(=O)NC[C@@H](C)OC(=O)[C@@H]1[C@H]2O[C@@]3(CC2Br)[C@H](C(=O)N(CC=C)c2cc(C)ccc2C)N(CCCCO)C(=O)[C@@H]13. The van der Waals surface area contributed by atoms with Crippen molar-refractivity contribution >= 4 is 45.3 Å². The van der Waals surface area contributed by atoms with E-state index in [4.69, 9.17) is 9.47 Å². The van der Waals surface area contributed by atoms with Crippen molar-refractivity contribution in [1.29, 1.82) is 0 Å². The molecule has 3 aliphatic heterocycles. The monoisotopic (exact) mass is 673 g/mol. The Labute approximate surface area is 267 Å². The molecule has 1 aromatic rings. The van der Waals surface area contributed by atoms with Crippen molar-refractivity contribution < 1.29 is 33.8 Å². The molecule has 7 atom stereocenters. The van der Waals surface area contributed by atoms with Gasteiger partial charge in [0.1, 0.15) is 17.7 Å². The van der Waals surface area contributed by atoms with E-state index in [1.807, 2.05) is 32.0 Å². The predicted molar refractivity (Wildman–Crippen MR) is 170 cm³/mol. The molecule has 2 N–H and O–H groups in total. The minimum atomic E-state index is -1.24. The van der Waals surface area contributed by atoms with Gasteiger partial charge in [0.05, 0.1) is 24.5 Å². The molecule has 3 amide bonds. The number of carbonyl (C=O) groups is 4. The molecule has 44 heavy (non-hydrogen) atoms. The van der Waals surface area contributed by atoms with E-state index in [1.165, 1.54) is 0 Å². The third-order valence-corrected chi connectivity index (χ3v) is 9.66. The number of ether oxygens (including phenoxy) is 2. The second-order valence-electron chi connectivity index (χ2n) is 12.0. The number of benzene rings is 1. The highest BCUT2D eigenvalue weighted by atomic mass is 79.9. The van der Waals surface area contributed by atoms with Gasteiger partial charge < -0.3 is 29.7 Å². The average Bonchev–Trinajstić information content (AvgIpc) is 3.58. The van der Waals surface area contributed by atoms with E-state index in [9.17, 15) is 24.3 Å². The van der Waals surface area contributed by atoms with Gasteiger partial charge in [-0.05, 0) is 63.6 Å². The van der Waals surface area contributed by atoms with E-state index in [0.717, 1.165) is 16.8 Å². The molecular formula is C33H44BrN3O7. The summed E-state index contributed by atoms with van der Waals surface area (Å²) in [5, 5.41) is 12.2. The number of aliphatic hydroxyl groups is 1. The molecule has 240 valence electrons. The third kappa shape index (κ3) is 6.50. The van der Waals surface area contributed by atoms with E-state index in [1.54, 1.807) is 28.9 Å². The van der Waals surface area contributed by atoms with Crippen LogP contribution in [0.3, 0.4) is 0 Å². The van der Waals surface area contributed by atoms with Crippen molar-refractivity contribution in [2.45, 2.75) is 81.6 Å². The Bertz CT molecular complexity index is 1290. The molecule has 1 unspecified atom stereocenters. The smallest absolute Gasteiger partial charge is 0.312 e. The largest absolute Gasteiger partial charge is 0.460 e. The normalized spacial score (nSPS) is 27.5. The first-order valence-corrected chi connectivity index (χ1v) is 16.2. The third-order valence-electron chi connectivity index (χ3n) is 8.82. The molecule has 1 aromatic carbocycles. The second kappa shape index (κ2) is 14.4. The van der Waals surface area contributed by atoms with Crippen molar-refractivity contribution in [2.24, 2.45) is 11.8 Å². The van der Waals surface area contributed by atoms with Crippen molar-refractivity contribution in [3.8, 4) is 0 Å². The summed E-state index contributed by atoms with van der Waals surface area (Å²) in [6.07, 6.45) is 4.17. The molecule has 3 saturated heterocycles. The highest BCUT2D eigenvalue weighted by Crippen LogP contribution is 2.60. The van der Waals surface area contributed by atoms with Gasteiger partial charge in [-0.1, -0.05) is 40.2 Å². The van der Waals surface area contributed by atoms with Crippen LogP contribution in [0.25, 0.3) is 0 Å². The van der Waals surface area contributed by atoms with Gasteiger partial charge in [0.2, 0.25) is 11.8 Å². The minimum Gasteiger partial charge on any atom is -0.460 e. The van der Waals surface area contributed by atoms with Crippen LogP contribution in [-0.2, 0) is 28.7 Å². The van der Waals surface area contributed by atoms with Gasteiger partial charge in [0, 0.05) is 36.6 Å². The molecule has 0 radical (unpaired) electrons. The summed E-state index contributed by atoms with van der Waals surface area (Å²) >= 11 is 3.69. The highest BCUT2D eigenvalue weighted by Gasteiger charge is 2.77. The maximum atomic E-state index is 14.7. The number of carbonyl (C=O) groups excluding carboxylic acids is 4. The van der Waals surface area contributed by atoms with Crippen molar-refractivity contribution in [2.75, 3.05) is 31.1 Å². The number of esters is 1. The molecule has 4 rings (SSSR count). The number of hydrogen-bond donors (Lipinski definition) is 2. The lowest BCUT2D eigenvalue weighted by molar-refractivity contribution is -0.159. The standard InChI is InChI=1S/C33H44BrN3O7/c1-6-8-11-25(39)35-19-22(5)43-32(42)26-27-30(40)37(15-9-10-16-38)29(33(27)18-23(34)28(26)44-33)31(41)36(14-7-2)24-17-20(3)12-13-21(24)4/h6-7,12-13,17,22-23,26-29,38H,1-2,8-11,14-16,18-19H2,3-5H3,(H,35,39)/t22-,23?,26+,27-,28+,29+,33-/m1/s1. The number of anilines is 1. The van der Waals surface area contributed by atoms with Crippen LogP contribution < -0.4 is 10.2 Å². The number of halogens is 1. The number of alkyl halides is 1. The maximum absolute atomic E-state index is 14.7. The molecule has 1 spiro atoms. The van der Waals surface area contributed by atoms with Gasteiger partial charge in [-0.25, -0.2) is 0 Å². The number of likely N-dealkylation sites (tertiary alicyclic amines) is 1. The quantitative estimate of drug-likeness (QED) is 0.127. The van der Waals surface area contributed by atoms with Gasteiger partial charge in [-0.2, -0.15) is 0 Å². The van der Waals surface area contributed by atoms with Crippen LogP contribution in [0.2, 0.25) is 0 Å². The molecule has 0 aliphatic carbocycles. The van der Waals surface area contributed by atoms with Gasteiger partial charge in [0.15, 0.2) is 0 Å². The Morgan fingerprint density at radius 3 is 2.70 bits per heavy atom. The van der Waals surface area contributed by atoms with Crippen LogP contribution in [0.1, 0.15) is 50.2 Å². The molecule has 3 heterocycles. The van der Waals surface area contributed by atoms with Crippen molar-refractivity contribution in [1.82, 2.24) is 10.2 Å². The highest BCUT2D eigenvalue weighted by molar-refractivity contribution is 9.09. The molecule has 3 fully saturated rings. The summed E-state index contributed by atoms with van der Waals surface area (Å²) in [7, 11) is 0. The summed E-state index contributed by atoms with van der Waals surface area (Å²) in [5.74, 6) is -3.22. The first kappa shape index (κ1) is 33.9. The van der Waals surface area contributed by atoms with Crippen LogP contribution >= 0.6 is 15.9 Å². The number of nitrogens with one attached hydrogen (secondary N) is 1. The number of fused-ring (bicyclic) bond motifs is 1. The first-order chi connectivity index (χ1) is 21.0. The fourth-order valence-electron chi connectivity index (χ4n) is 6.80. The molecular weight excluding hydrogens is 630 g/mol. The lowest BCUT2D eigenvalue weighted by Gasteiger charge is -2.37. The summed E-state index contributed by atoms with van der Waals surface area (Å²) in [4.78, 5) is 57.6. The lowest BCUT2D eigenvalue weighted by Crippen LogP contribution is -2.57. The van der Waals surface area contributed by atoms with Gasteiger partial charge in [0.25, 0.3) is 5.91 Å². The van der Waals surface area contributed by atoms with Crippen LogP contribution in [0.15, 0.2) is 43.5 Å². The van der Waals surface area contributed by atoms with E-state index >= 15 is 0 Å². The molecule has 0 aromatic heterocycles. The zero-order valence-corrected chi connectivity index (χ0v) is 27.4. The Kier molecular flexibility index (Phi) is 11.1. The van der Waals surface area contributed by atoms with Crippen molar-refractivity contribution in [3.05, 3.63) is 54.6 Å². The van der Waals surface area contributed by atoms with Gasteiger partial charge in [-0.15, -0.1) is 13.2 Å². The number of hydrogen-bond acceptors (Lipinski definition) is 7. The second-order valence-corrected chi connectivity index (χ2v) is 13.2. The zero-order chi connectivity index (χ0) is 32.2. The summed E-state index contributed by atoms with van der Waals surface area (Å²) < 4.78 is 12.4. The number of unbranched alkanes of at least 4 members (excludes halogenated alkanes) is 1. The number of amides is 3. The van der Waals surface area contributed by atoms with Crippen LogP contribution in [0.4, 0.5) is 5.69 Å². The maximum Gasteiger partial charge on any atom is 0.312 e. The van der Waals surface area contributed by atoms with Crippen LogP contribution in [0, 0.1) is 25.7 Å². The molecule has 11 heteroatoms. The van der Waals surface area contributed by atoms with Crippen LogP contribution in [0.5, 0.6) is 0 Å². The van der Waals surface area contributed by atoms with Gasteiger partial charge in [-0.3, -0.25) is 19.2 Å². The van der Waals surface area contributed by atoms with E-state index in [-0.39, 0.29) is 48.8 Å². The fraction of sp³-hybridized carbons (Fsp3) is 0.576. The number of nitrogens with zero attached hydrogens (tertiary/aromatic N) is 2. The summed E-state index contributed by atoms with van der Waals surface area (Å²) in [6.45, 7) is 13.6. The Balaban J connectivity index is 1.65. The average molecular weight is 675 g/mol. The summed E-state index contributed by atoms with van der Waals surface area (Å²) in [5.41, 5.74) is 1.37. The van der Waals surface area contributed by atoms with Gasteiger partial charge >= 0.3 is 5.97 Å². The lowest BCUT2D eigenvalue weighted by atomic mass is 9.70. The molecule has 3 aliphatic rings. The van der Waals surface area contributed by atoms with E-state index < -0.39 is 41.7 Å². The Morgan fingerprint density at radius 1 is 1.27 bits per heavy atom. The number of aliphatic hydroxyl groups excluding tert-OH is 1. The minimum absolute atomic E-state index is 0.0424. The number of aryl methyl sites for hydroxylation is 2. The zero-order valence-electron chi connectivity index (χ0n) is 25.8. The molecule has 10 nitrogen and oxygen atoms in total. The van der Waals surface area contributed by atoms with E-state index in [0.29, 0.717) is 32.1 Å². The number of allylic oxidation sites excluding steroid dienone is 1. The first-order valence-electron chi connectivity index (χ1n) is 15.3. The summed E-state index contributed by atoms with van der Waals surface area (Å²) in [6, 6.07) is 4.89.